The van der Waals surface area contributed by atoms with E-state index in [2.05, 4.69) is 15.9 Å². The summed E-state index contributed by atoms with van der Waals surface area (Å²) in [5.74, 6) is -3.10. The van der Waals surface area contributed by atoms with Gasteiger partial charge in [0.1, 0.15) is 11.6 Å². The topological polar surface area (TPSA) is 37.3 Å². The fourth-order valence-electron chi connectivity index (χ4n) is 1.99. The monoisotopic (exact) mass is 340 g/mol. The molecule has 0 aliphatic rings. The zero-order chi connectivity index (χ0) is 14.7. The number of carboxylic acid groups (broad SMARTS) is 1. The van der Waals surface area contributed by atoms with Crippen LogP contribution in [0, 0.1) is 11.6 Å². The first-order valence-electron chi connectivity index (χ1n) is 5.90. The summed E-state index contributed by atoms with van der Waals surface area (Å²) in [5.41, 5.74) is 0.745. The zero-order valence-corrected chi connectivity index (χ0v) is 11.9. The number of aliphatic carboxylic acids is 1. The zero-order valence-electron chi connectivity index (χ0n) is 10.3. The molecular formula is C15H11BrF2O2. The van der Waals surface area contributed by atoms with Gasteiger partial charge in [-0.1, -0.05) is 24.3 Å². The van der Waals surface area contributed by atoms with Crippen molar-refractivity contribution < 1.29 is 18.7 Å². The molecule has 2 nitrogen and oxygen atoms in total. The van der Waals surface area contributed by atoms with E-state index in [0.29, 0.717) is 5.56 Å². The molecule has 0 heterocycles. The summed E-state index contributed by atoms with van der Waals surface area (Å²) in [6.45, 7) is 0. The van der Waals surface area contributed by atoms with Crippen molar-refractivity contribution in [1.82, 2.24) is 0 Å². The third-order valence-electron chi connectivity index (χ3n) is 3.00. The number of carboxylic acids is 1. The lowest BCUT2D eigenvalue weighted by atomic mass is 9.92. The standard InChI is InChI=1S/C15H11BrF2O2/c16-12-8-9(5-6-14(12)18)7-11(15(19)20)10-3-1-2-4-13(10)17/h1-6,8,11H,7H2,(H,19,20). The van der Waals surface area contributed by atoms with Crippen LogP contribution in [0.3, 0.4) is 0 Å². The highest BCUT2D eigenvalue weighted by atomic mass is 79.9. The van der Waals surface area contributed by atoms with Crippen LogP contribution in [0.1, 0.15) is 17.0 Å². The maximum atomic E-state index is 13.7. The average molecular weight is 341 g/mol. The Morgan fingerprint density at radius 1 is 1.15 bits per heavy atom. The minimum Gasteiger partial charge on any atom is -0.481 e. The van der Waals surface area contributed by atoms with Gasteiger partial charge in [0.2, 0.25) is 0 Å². The van der Waals surface area contributed by atoms with Gasteiger partial charge in [0.25, 0.3) is 0 Å². The SMILES string of the molecule is O=C(O)C(Cc1ccc(F)c(Br)c1)c1ccccc1F. The summed E-state index contributed by atoms with van der Waals surface area (Å²) in [4.78, 5) is 11.4. The normalized spacial score (nSPS) is 12.2. The molecule has 104 valence electrons. The summed E-state index contributed by atoms with van der Waals surface area (Å²) in [6, 6.07) is 10.0. The van der Waals surface area contributed by atoms with Crippen LogP contribution in [0.15, 0.2) is 46.9 Å². The second-order valence-electron chi connectivity index (χ2n) is 4.36. The highest BCUT2D eigenvalue weighted by Crippen LogP contribution is 2.26. The van der Waals surface area contributed by atoms with Crippen molar-refractivity contribution in [3.63, 3.8) is 0 Å². The molecule has 1 N–H and O–H groups in total. The lowest BCUT2D eigenvalue weighted by molar-refractivity contribution is -0.138. The maximum absolute atomic E-state index is 13.7. The predicted octanol–water partition coefficient (Wildman–Crippen LogP) is 4.14. The molecule has 0 amide bonds. The molecule has 1 atom stereocenters. The van der Waals surface area contributed by atoms with Crippen LogP contribution in [0.2, 0.25) is 0 Å². The highest BCUT2D eigenvalue weighted by molar-refractivity contribution is 9.10. The van der Waals surface area contributed by atoms with E-state index in [1.165, 1.54) is 36.4 Å². The molecule has 0 aromatic heterocycles. The second-order valence-corrected chi connectivity index (χ2v) is 5.22. The Morgan fingerprint density at radius 2 is 1.85 bits per heavy atom. The molecule has 0 saturated heterocycles. The Bertz CT molecular complexity index is 644. The molecule has 1 unspecified atom stereocenters. The average Bonchev–Trinajstić information content (AvgIpc) is 2.41. The third kappa shape index (κ3) is 3.22. The van der Waals surface area contributed by atoms with E-state index in [1.54, 1.807) is 6.07 Å². The van der Waals surface area contributed by atoms with E-state index in [9.17, 15) is 18.7 Å². The Kier molecular flexibility index (Phi) is 4.49. The van der Waals surface area contributed by atoms with Gasteiger partial charge in [-0.15, -0.1) is 0 Å². The molecule has 2 aromatic rings. The summed E-state index contributed by atoms with van der Waals surface area (Å²) in [6.07, 6.45) is 0.0924. The summed E-state index contributed by atoms with van der Waals surface area (Å²) >= 11 is 3.05. The molecule has 0 radical (unpaired) electrons. The lowest BCUT2D eigenvalue weighted by Gasteiger charge is -2.14. The van der Waals surface area contributed by atoms with Crippen molar-refractivity contribution in [2.24, 2.45) is 0 Å². The van der Waals surface area contributed by atoms with Crippen molar-refractivity contribution >= 4 is 21.9 Å². The van der Waals surface area contributed by atoms with Crippen LogP contribution in [-0.4, -0.2) is 11.1 Å². The number of benzene rings is 2. The molecule has 5 heteroatoms. The summed E-state index contributed by atoms with van der Waals surface area (Å²) in [7, 11) is 0. The van der Waals surface area contributed by atoms with Crippen LogP contribution in [0.25, 0.3) is 0 Å². The van der Waals surface area contributed by atoms with Crippen LogP contribution in [-0.2, 0) is 11.2 Å². The van der Waals surface area contributed by atoms with Gasteiger partial charge in [0.05, 0.1) is 10.4 Å². The number of hydrogen-bond donors (Lipinski definition) is 1. The van der Waals surface area contributed by atoms with Gasteiger partial charge < -0.3 is 5.11 Å². The number of halogens is 3. The molecule has 20 heavy (non-hydrogen) atoms. The van der Waals surface area contributed by atoms with Gasteiger partial charge in [-0.05, 0) is 46.1 Å². The first-order chi connectivity index (χ1) is 9.49. The molecule has 0 bridgehead atoms. The van der Waals surface area contributed by atoms with Gasteiger partial charge in [-0.2, -0.15) is 0 Å². The van der Waals surface area contributed by atoms with Crippen molar-refractivity contribution in [2.75, 3.05) is 0 Å². The first-order valence-corrected chi connectivity index (χ1v) is 6.69. The number of rotatable bonds is 4. The number of carbonyl (C=O) groups is 1. The summed E-state index contributed by atoms with van der Waals surface area (Å²) in [5, 5.41) is 9.28. The van der Waals surface area contributed by atoms with Crippen molar-refractivity contribution in [1.29, 1.82) is 0 Å². The largest absolute Gasteiger partial charge is 0.481 e. The molecule has 2 rings (SSSR count). The maximum Gasteiger partial charge on any atom is 0.311 e. The quantitative estimate of drug-likeness (QED) is 0.908. The molecule has 0 aliphatic heterocycles. The van der Waals surface area contributed by atoms with Crippen LogP contribution in [0.4, 0.5) is 8.78 Å². The van der Waals surface area contributed by atoms with Crippen LogP contribution in [0.5, 0.6) is 0 Å². The van der Waals surface area contributed by atoms with Gasteiger partial charge in [0.15, 0.2) is 0 Å². The van der Waals surface area contributed by atoms with E-state index in [4.69, 9.17) is 0 Å². The Hall–Kier alpha value is -1.75. The third-order valence-corrected chi connectivity index (χ3v) is 3.61. The Balaban J connectivity index is 2.33. The molecular weight excluding hydrogens is 330 g/mol. The predicted molar refractivity (Wildman–Crippen MR) is 74.6 cm³/mol. The van der Waals surface area contributed by atoms with E-state index >= 15 is 0 Å². The Labute approximate surface area is 123 Å². The minimum atomic E-state index is -1.12. The van der Waals surface area contributed by atoms with E-state index < -0.39 is 23.5 Å². The van der Waals surface area contributed by atoms with Gasteiger partial charge in [0, 0.05) is 5.56 Å². The molecule has 0 spiro atoms. The molecule has 0 saturated carbocycles. The van der Waals surface area contributed by atoms with Gasteiger partial charge in [-0.3, -0.25) is 4.79 Å². The van der Waals surface area contributed by atoms with Crippen LogP contribution >= 0.6 is 15.9 Å². The fraction of sp³-hybridized carbons (Fsp3) is 0.133. The summed E-state index contributed by atoms with van der Waals surface area (Å²) < 4.78 is 27.1. The van der Waals surface area contributed by atoms with Crippen molar-refractivity contribution in [3.05, 3.63) is 69.7 Å². The lowest BCUT2D eigenvalue weighted by Crippen LogP contribution is -2.16. The molecule has 0 fully saturated rings. The smallest absolute Gasteiger partial charge is 0.311 e. The van der Waals surface area contributed by atoms with Gasteiger partial charge in [-0.25, -0.2) is 8.78 Å². The second kappa shape index (κ2) is 6.13. The van der Waals surface area contributed by atoms with E-state index in [1.807, 2.05) is 0 Å². The van der Waals surface area contributed by atoms with E-state index in [-0.39, 0.29) is 16.5 Å². The molecule has 2 aromatic carbocycles. The first kappa shape index (κ1) is 14.7. The van der Waals surface area contributed by atoms with Crippen LogP contribution < -0.4 is 0 Å². The van der Waals surface area contributed by atoms with E-state index in [0.717, 1.165) is 0 Å². The van der Waals surface area contributed by atoms with Crippen molar-refractivity contribution in [2.45, 2.75) is 12.3 Å². The minimum absolute atomic E-state index is 0.0924. The highest BCUT2D eigenvalue weighted by Gasteiger charge is 2.23. The Morgan fingerprint density at radius 3 is 2.45 bits per heavy atom. The fourth-order valence-corrected chi connectivity index (χ4v) is 2.42. The van der Waals surface area contributed by atoms with Gasteiger partial charge >= 0.3 is 5.97 Å². The molecule has 0 aliphatic carbocycles. The number of hydrogen-bond acceptors (Lipinski definition) is 1. The van der Waals surface area contributed by atoms with Crippen molar-refractivity contribution in [3.8, 4) is 0 Å².